The summed E-state index contributed by atoms with van der Waals surface area (Å²) in [6, 6.07) is 0.446. The van der Waals surface area contributed by atoms with Crippen molar-refractivity contribution in [1.82, 2.24) is 14.7 Å². The van der Waals surface area contributed by atoms with Crippen LogP contribution in [-0.2, 0) is 0 Å². The van der Waals surface area contributed by atoms with Crippen LogP contribution < -0.4 is 0 Å². The Morgan fingerprint density at radius 1 is 1.40 bits per heavy atom. The molecule has 0 saturated carbocycles. The van der Waals surface area contributed by atoms with Gasteiger partial charge in [0.1, 0.15) is 0 Å². The van der Waals surface area contributed by atoms with Gasteiger partial charge < -0.3 is 4.90 Å². The van der Waals surface area contributed by atoms with Gasteiger partial charge in [-0.05, 0) is 27.8 Å². The molecule has 0 bridgehead atoms. The van der Waals surface area contributed by atoms with Gasteiger partial charge >= 0.3 is 0 Å². The van der Waals surface area contributed by atoms with Crippen LogP contribution in [0.15, 0.2) is 0 Å². The third kappa shape index (κ3) is 1.59. The molecule has 0 amide bonds. The van der Waals surface area contributed by atoms with E-state index < -0.39 is 0 Å². The van der Waals surface area contributed by atoms with E-state index in [0.29, 0.717) is 6.04 Å². The molecule has 0 N–H and O–H groups in total. The van der Waals surface area contributed by atoms with Crippen molar-refractivity contribution in [2.75, 3.05) is 20.1 Å². The second-order valence-electron chi connectivity index (χ2n) is 4.42. The van der Waals surface area contributed by atoms with E-state index in [1.807, 2.05) is 18.5 Å². The van der Waals surface area contributed by atoms with Crippen molar-refractivity contribution in [2.45, 2.75) is 26.8 Å². The van der Waals surface area contributed by atoms with Crippen molar-refractivity contribution in [1.29, 1.82) is 0 Å². The number of likely N-dealkylation sites (N-methyl/N-ethyl adjacent to an activating group) is 1. The predicted octanol–water partition coefficient (Wildman–Crippen LogP) is 1.19. The van der Waals surface area contributed by atoms with Gasteiger partial charge in [-0.1, -0.05) is 0 Å². The summed E-state index contributed by atoms with van der Waals surface area (Å²) in [7, 11) is 2.09. The molecule has 1 aliphatic heterocycles. The number of rotatable bonds is 2. The fourth-order valence-electron chi connectivity index (χ4n) is 2.35. The van der Waals surface area contributed by atoms with E-state index in [9.17, 15) is 4.79 Å². The summed E-state index contributed by atoms with van der Waals surface area (Å²) >= 11 is 0. The molecule has 1 saturated heterocycles. The lowest BCUT2D eigenvalue weighted by atomic mass is 10.1. The highest BCUT2D eigenvalue weighted by molar-refractivity contribution is 5.96. The number of aryl methyl sites for hydroxylation is 1. The zero-order valence-corrected chi connectivity index (χ0v) is 9.74. The van der Waals surface area contributed by atoms with Crippen molar-refractivity contribution < 1.29 is 4.79 Å². The van der Waals surface area contributed by atoms with Gasteiger partial charge in [0.15, 0.2) is 5.78 Å². The minimum absolute atomic E-state index is 0.115. The molecular formula is C11H17N3O. The first-order valence-electron chi connectivity index (χ1n) is 5.26. The standard InChI is InChI=1S/C11H17N3O/c1-7-11(9(3)15)8(2)14(12-7)10-5-13(4)6-10/h10H,5-6H2,1-4H3. The molecule has 1 aromatic rings. The van der Waals surface area contributed by atoms with Crippen LogP contribution in [0.3, 0.4) is 0 Å². The quantitative estimate of drug-likeness (QED) is 0.684. The van der Waals surface area contributed by atoms with Gasteiger partial charge in [0.2, 0.25) is 0 Å². The molecule has 15 heavy (non-hydrogen) atoms. The van der Waals surface area contributed by atoms with Crippen molar-refractivity contribution in [2.24, 2.45) is 0 Å². The number of hydrogen-bond acceptors (Lipinski definition) is 3. The Bertz CT molecular complexity index is 402. The molecule has 0 radical (unpaired) electrons. The molecular weight excluding hydrogens is 190 g/mol. The Morgan fingerprint density at radius 2 is 2.00 bits per heavy atom. The highest BCUT2D eigenvalue weighted by Gasteiger charge is 2.28. The van der Waals surface area contributed by atoms with Gasteiger partial charge in [0, 0.05) is 18.8 Å². The van der Waals surface area contributed by atoms with E-state index in [-0.39, 0.29) is 5.78 Å². The molecule has 0 atom stereocenters. The van der Waals surface area contributed by atoms with E-state index >= 15 is 0 Å². The normalized spacial score (nSPS) is 17.9. The average Bonchev–Trinajstić information content (AvgIpc) is 2.36. The molecule has 0 aromatic carbocycles. The third-order valence-electron chi connectivity index (χ3n) is 3.07. The zero-order valence-electron chi connectivity index (χ0n) is 9.74. The largest absolute Gasteiger partial charge is 0.302 e. The Hall–Kier alpha value is -1.16. The number of carbonyl (C=O) groups is 1. The van der Waals surface area contributed by atoms with E-state index in [2.05, 4.69) is 17.0 Å². The van der Waals surface area contributed by atoms with Gasteiger partial charge in [-0.3, -0.25) is 9.48 Å². The molecule has 1 aromatic heterocycles. The van der Waals surface area contributed by atoms with Crippen LogP contribution in [-0.4, -0.2) is 40.6 Å². The Labute approximate surface area is 89.9 Å². The lowest BCUT2D eigenvalue weighted by molar-refractivity contribution is 0.101. The summed E-state index contributed by atoms with van der Waals surface area (Å²) in [6.07, 6.45) is 0. The molecule has 1 aliphatic rings. The minimum atomic E-state index is 0.115. The number of nitrogens with zero attached hydrogens (tertiary/aromatic N) is 3. The number of aromatic nitrogens is 2. The number of ketones is 1. The summed E-state index contributed by atoms with van der Waals surface area (Å²) in [6.45, 7) is 7.55. The van der Waals surface area contributed by atoms with Crippen molar-refractivity contribution >= 4 is 5.78 Å². The van der Waals surface area contributed by atoms with Gasteiger partial charge in [-0.25, -0.2) is 0 Å². The second kappa shape index (κ2) is 3.45. The molecule has 0 spiro atoms. The summed E-state index contributed by atoms with van der Waals surface area (Å²) in [5.41, 5.74) is 2.66. The monoisotopic (exact) mass is 207 g/mol. The van der Waals surface area contributed by atoms with Crippen LogP contribution in [0.25, 0.3) is 0 Å². The summed E-state index contributed by atoms with van der Waals surface area (Å²) in [4.78, 5) is 13.7. The van der Waals surface area contributed by atoms with E-state index in [4.69, 9.17) is 0 Å². The van der Waals surface area contributed by atoms with Gasteiger partial charge in [0.05, 0.1) is 17.3 Å². The summed E-state index contributed by atoms with van der Waals surface area (Å²) in [5, 5.41) is 4.46. The molecule has 0 aliphatic carbocycles. The van der Waals surface area contributed by atoms with E-state index in [1.54, 1.807) is 6.92 Å². The summed E-state index contributed by atoms with van der Waals surface area (Å²) < 4.78 is 2.01. The smallest absolute Gasteiger partial charge is 0.163 e. The first kappa shape index (κ1) is 10.4. The molecule has 4 nitrogen and oxygen atoms in total. The highest BCUT2D eigenvalue weighted by Crippen LogP contribution is 2.23. The van der Waals surface area contributed by atoms with Gasteiger partial charge in [-0.2, -0.15) is 5.10 Å². The van der Waals surface area contributed by atoms with Crippen molar-refractivity contribution in [3.8, 4) is 0 Å². The van der Waals surface area contributed by atoms with Crippen LogP contribution in [0, 0.1) is 13.8 Å². The third-order valence-corrected chi connectivity index (χ3v) is 3.07. The number of Topliss-reactive ketones (excluding diaryl/α,β-unsaturated/α-hetero) is 1. The molecule has 0 unspecified atom stereocenters. The number of carbonyl (C=O) groups excluding carboxylic acids is 1. The zero-order chi connectivity index (χ0) is 11.2. The SMILES string of the molecule is CC(=O)c1c(C)nn(C2CN(C)C2)c1C. The molecule has 1 fully saturated rings. The minimum Gasteiger partial charge on any atom is -0.302 e. The number of likely N-dealkylation sites (tertiary alicyclic amines) is 1. The molecule has 2 heterocycles. The summed E-state index contributed by atoms with van der Waals surface area (Å²) in [5.74, 6) is 0.115. The first-order valence-corrected chi connectivity index (χ1v) is 5.26. The van der Waals surface area contributed by atoms with Crippen LogP contribution in [0.5, 0.6) is 0 Å². The van der Waals surface area contributed by atoms with Crippen molar-refractivity contribution in [3.05, 3.63) is 17.0 Å². The van der Waals surface area contributed by atoms with Gasteiger partial charge in [0.25, 0.3) is 0 Å². The molecule has 82 valence electrons. The fourth-order valence-corrected chi connectivity index (χ4v) is 2.35. The maximum absolute atomic E-state index is 11.4. The van der Waals surface area contributed by atoms with Crippen LogP contribution in [0.4, 0.5) is 0 Å². The topological polar surface area (TPSA) is 38.1 Å². The Morgan fingerprint density at radius 3 is 2.40 bits per heavy atom. The second-order valence-corrected chi connectivity index (χ2v) is 4.42. The maximum Gasteiger partial charge on any atom is 0.163 e. The van der Waals surface area contributed by atoms with Crippen LogP contribution >= 0.6 is 0 Å². The molecule has 4 heteroatoms. The first-order chi connectivity index (χ1) is 7.00. The van der Waals surface area contributed by atoms with E-state index in [0.717, 1.165) is 30.0 Å². The average molecular weight is 207 g/mol. The predicted molar refractivity (Wildman–Crippen MR) is 58.2 cm³/mol. The van der Waals surface area contributed by atoms with Crippen LogP contribution in [0.2, 0.25) is 0 Å². The Balaban J connectivity index is 2.34. The van der Waals surface area contributed by atoms with Crippen molar-refractivity contribution in [3.63, 3.8) is 0 Å². The maximum atomic E-state index is 11.4. The van der Waals surface area contributed by atoms with Crippen LogP contribution in [0.1, 0.15) is 34.7 Å². The lowest BCUT2D eigenvalue weighted by Gasteiger charge is -2.36. The van der Waals surface area contributed by atoms with E-state index in [1.165, 1.54) is 0 Å². The molecule has 2 rings (SSSR count). The van der Waals surface area contributed by atoms with Gasteiger partial charge in [-0.15, -0.1) is 0 Å². The highest BCUT2D eigenvalue weighted by atomic mass is 16.1. The Kier molecular flexibility index (Phi) is 2.38. The lowest BCUT2D eigenvalue weighted by Crippen LogP contribution is -2.45. The number of hydrogen-bond donors (Lipinski definition) is 0. The fraction of sp³-hybridized carbons (Fsp3) is 0.636.